The van der Waals surface area contributed by atoms with Crippen molar-refractivity contribution in [2.45, 2.75) is 24.4 Å². The highest BCUT2D eigenvalue weighted by molar-refractivity contribution is 5.81. The first-order chi connectivity index (χ1) is 10.0. The van der Waals surface area contributed by atoms with Gasteiger partial charge < -0.3 is 26.2 Å². The molecule has 1 aliphatic rings. The summed E-state index contributed by atoms with van der Waals surface area (Å²) in [5.74, 6) is 2.29. The van der Waals surface area contributed by atoms with Crippen LogP contribution in [0.2, 0.25) is 0 Å². The summed E-state index contributed by atoms with van der Waals surface area (Å²) in [6, 6.07) is 0. The number of nitrogens with two attached hydrogens (primary N) is 1. The van der Waals surface area contributed by atoms with Crippen LogP contribution in [0.15, 0.2) is 6.33 Å². The van der Waals surface area contributed by atoms with Gasteiger partial charge in [0.25, 0.3) is 0 Å². The van der Waals surface area contributed by atoms with E-state index in [0.717, 1.165) is 0 Å². The molecule has 0 spiro atoms. The number of nitrogens with zero attached hydrogens (tertiary/aromatic N) is 4. The average molecular weight is 311 g/mol. The maximum Gasteiger partial charge on any atom is 0.312 e. The van der Waals surface area contributed by atoms with E-state index in [2.05, 4.69) is 20.9 Å². The minimum Gasteiger partial charge on any atom is -0.412 e. The molecule has 3 atom stereocenters. The van der Waals surface area contributed by atoms with Crippen molar-refractivity contribution < 1.29 is 24.8 Å². The molecule has 9 nitrogen and oxygen atoms in total. The molecule has 0 aromatic carbocycles. The fraction of sp³-hybridized carbons (Fsp3) is 0.417. The Labute approximate surface area is 123 Å². The van der Waals surface area contributed by atoms with Crippen LogP contribution in [0.4, 0.5) is 10.2 Å². The van der Waals surface area contributed by atoms with Gasteiger partial charge >= 0.3 is 6.08 Å². The maximum atomic E-state index is 13.4. The molecular weight excluding hydrogens is 297 g/mol. The summed E-state index contributed by atoms with van der Waals surface area (Å²) in [4.78, 5) is 11.0. The van der Waals surface area contributed by atoms with Crippen LogP contribution in [-0.2, 0) is 10.5 Å². The highest BCUT2D eigenvalue weighted by Gasteiger charge is 2.47. The van der Waals surface area contributed by atoms with E-state index in [4.69, 9.17) is 16.9 Å². The Kier molecular flexibility index (Phi) is 3.99. The van der Waals surface area contributed by atoms with Gasteiger partial charge in [-0.25, -0.2) is 4.98 Å². The molecular formula is C12H14FN5O4. The second-order valence-corrected chi connectivity index (χ2v) is 4.70. The Bertz CT molecular complexity index is 745. The van der Waals surface area contributed by atoms with Gasteiger partial charge in [0.15, 0.2) is 17.0 Å². The molecule has 0 bridgehead atoms. The van der Waals surface area contributed by atoms with Crippen LogP contribution in [0, 0.1) is 18.4 Å². The average Bonchev–Trinajstić information content (AvgIpc) is 3.00. The third-order valence-electron chi connectivity index (χ3n) is 3.45. The van der Waals surface area contributed by atoms with Gasteiger partial charge in [-0.3, -0.25) is 4.57 Å². The Morgan fingerprint density at radius 2 is 2.32 bits per heavy atom. The normalized spacial score (nSPS) is 27.5. The lowest BCUT2D eigenvalue weighted by atomic mass is 10.1. The van der Waals surface area contributed by atoms with Crippen LogP contribution in [0.5, 0.6) is 0 Å². The molecule has 22 heavy (non-hydrogen) atoms. The predicted molar refractivity (Wildman–Crippen MR) is 72.7 cm³/mol. The molecule has 3 rings (SSSR count). The third kappa shape index (κ3) is 2.16. The van der Waals surface area contributed by atoms with Gasteiger partial charge in [0, 0.05) is 6.42 Å². The largest absolute Gasteiger partial charge is 0.412 e. The third-order valence-corrected chi connectivity index (χ3v) is 3.45. The zero-order valence-electron chi connectivity index (χ0n) is 11.3. The van der Waals surface area contributed by atoms with Gasteiger partial charge in [-0.15, -0.1) is 6.42 Å². The van der Waals surface area contributed by atoms with E-state index < -0.39 is 30.6 Å². The molecule has 3 heterocycles. The molecule has 0 saturated carbocycles. The Balaban J connectivity index is 0.00000176. The number of aliphatic hydroxyl groups is 2. The number of fused-ring (bicyclic) bond motifs is 1. The topological polar surface area (TPSA) is 151 Å². The number of terminal acetylenes is 1. The summed E-state index contributed by atoms with van der Waals surface area (Å²) in [7, 11) is 0. The van der Waals surface area contributed by atoms with E-state index in [1.807, 2.05) is 0 Å². The lowest BCUT2D eigenvalue weighted by Gasteiger charge is -2.24. The zero-order chi connectivity index (χ0) is 15.2. The molecule has 10 heteroatoms. The highest BCUT2D eigenvalue weighted by Crippen LogP contribution is 2.36. The predicted octanol–water partition coefficient (Wildman–Crippen LogP) is -1.85. The molecule has 6 N–H and O–H groups in total. The molecule has 2 aromatic heterocycles. The minimum atomic E-state index is -1.42. The van der Waals surface area contributed by atoms with Crippen molar-refractivity contribution in [2.24, 2.45) is 0 Å². The van der Waals surface area contributed by atoms with Crippen LogP contribution in [0.1, 0.15) is 6.42 Å². The van der Waals surface area contributed by atoms with E-state index in [1.165, 1.54) is 10.9 Å². The Hall–Kier alpha value is -2.32. The number of hydrogen-bond donors (Lipinski definition) is 3. The van der Waals surface area contributed by atoms with Gasteiger partial charge in [-0.2, -0.15) is 14.4 Å². The first kappa shape index (κ1) is 16.1. The van der Waals surface area contributed by atoms with Gasteiger partial charge in [0.2, 0.25) is 5.72 Å². The summed E-state index contributed by atoms with van der Waals surface area (Å²) in [5, 5.41) is 19.1. The molecule has 2 aromatic rings. The molecule has 1 aliphatic heterocycles. The van der Waals surface area contributed by atoms with E-state index in [1.54, 1.807) is 0 Å². The number of aliphatic hydroxyl groups excluding tert-OH is 2. The van der Waals surface area contributed by atoms with Crippen molar-refractivity contribution in [3.8, 4) is 12.3 Å². The monoisotopic (exact) mass is 311 g/mol. The number of imidazole rings is 1. The molecule has 0 aliphatic carbocycles. The summed E-state index contributed by atoms with van der Waals surface area (Å²) in [6.07, 6.45) is 3.99. The Morgan fingerprint density at radius 1 is 1.59 bits per heavy atom. The number of anilines is 1. The number of rotatable bonds is 2. The summed E-state index contributed by atoms with van der Waals surface area (Å²) in [5.41, 5.74) is 4.40. The van der Waals surface area contributed by atoms with Crippen LogP contribution in [-0.4, -0.2) is 54.0 Å². The standard InChI is InChI=1S/C12H12FN5O3.H2O/c1-2-12(3-6(20)7(4-19)21-12)18-5-15-8-9(14)16-11(13)17-10(8)18;/h1,5-7,19-20H,3-4H2,(H2,14,16,17);1H2/t6-,7+,12+;/m0./s1. The van der Waals surface area contributed by atoms with Crippen molar-refractivity contribution in [2.75, 3.05) is 12.3 Å². The van der Waals surface area contributed by atoms with Gasteiger partial charge in [0.1, 0.15) is 12.4 Å². The van der Waals surface area contributed by atoms with Crippen LogP contribution in [0.25, 0.3) is 11.2 Å². The summed E-state index contributed by atoms with van der Waals surface area (Å²) < 4.78 is 20.2. The summed E-state index contributed by atoms with van der Waals surface area (Å²) >= 11 is 0. The van der Waals surface area contributed by atoms with Crippen LogP contribution >= 0.6 is 0 Å². The van der Waals surface area contributed by atoms with E-state index >= 15 is 0 Å². The number of ether oxygens (including phenoxy) is 1. The first-order valence-electron chi connectivity index (χ1n) is 6.12. The summed E-state index contributed by atoms with van der Waals surface area (Å²) in [6.45, 7) is -0.400. The van der Waals surface area contributed by atoms with Crippen molar-refractivity contribution >= 4 is 17.0 Å². The fourth-order valence-electron chi connectivity index (χ4n) is 2.43. The lowest BCUT2D eigenvalue weighted by Crippen LogP contribution is -2.32. The molecule has 1 saturated heterocycles. The van der Waals surface area contributed by atoms with Crippen molar-refractivity contribution in [1.82, 2.24) is 19.5 Å². The lowest BCUT2D eigenvalue weighted by molar-refractivity contribution is -0.0799. The molecule has 118 valence electrons. The molecule has 0 radical (unpaired) electrons. The minimum absolute atomic E-state index is 0. The zero-order valence-corrected chi connectivity index (χ0v) is 11.3. The highest BCUT2D eigenvalue weighted by atomic mass is 19.1. The second kappa shape index (κ2) is 5.47. The van der Waals surface area contributed by atoms with E-state index in [-0.39, 0.29) is 28.9 Å². The van der Waals surface area contributed by atoms with E-state index in [9.17, 15) is 14.6 Å². The van der Waals surface area contributed by atoms with Crippen LogP contribution in [0.3, 0.4) is 0 Å². The van der Waals surface area contributed by atoms with Crippen molar-refractivity contribution in [1.29, 1.82) is 0 Å². The second-order valence-electron chi connectivity index (χ2n) is 4.70. The van der Waals surface area contributed by atoms with E-state index in [0.29, 0.717) is 0 Å². The van der Waals surface area contributed by atoms with Gasteiger partial charge in [0.05, 0.1) is 12.7 Å². The Morgan fingerprint density at radius 3 is 2.91 bits per heavy atom. The number of aromatic nitrogens is 4. The molecule has 1 fully saturated rings. The SMILES string of the molecule is C#C[C@]1(n2cnc3c(N)nc(F)nc32)C[C@H](O)[C@@H](CO)O1.O. The van der Waals surface area contributed by atoms with Gasteiger partial charge in [-0.05, 0) is 5.92 Å². The quantitative estimate of drug-likeness (QED) is 0.435. The van der Waals surface area contributed by atoms with Crippen LogP contribution < -0.4 is 5.73 Å². The first-order valence-corrected chi connectivity index (χ1v) is 6.12. The number of halogens is 1. The maximum absolute atomic E-state index is 13.4. The fourth-order valence-corrected chi connectivity index (χ4v) is 2.43. The van der Waals surface area contributed by atoms with Gasteiger partial charge in [-0.1, -0.05) is 0 Å². The number of nitrogen functional groups attached to an aromatic ring is 1. The molecule has 0 unspecified atom stereocenters. The van der Waals surface area contributed by atoms with Crippen molar-refractivity contribution in [3.63, 3.8) is 0 Å². The van der Waals surface area contributed by atoms with Crippen molar-refractivity contribution in [3.05, 3.63) is 12.4 Å². The smallest absolute Gasteiger partial charge is 0.312 e. The number of hydrogen-bond acceptors (Lipinski definition) is 7. The molecule has 0 amide bonds.